The molecule has 0 spiro atoms. The van der Waals surface area contributed by atoms with Gasteiger partial charge in [0, 0.05) is 30.4 Å². The van der Waals surface area contributed by atoms with E-state index in [0.717, 1.165) is 37.2 Å². The summed E-state index contributed by atoms with van der Waals surface area (Å²) < 4.78 is 0. The highest BCUT2D eigenvalue weighted by Crippen LogP contribution is 2.23. The van der Waals surface area contributed by atoms with E-state index in [4.69, 9.17) is 0 Å². The Morgan fingerprint density at radius 3 is 2.48 bits per heavy atom. The van der Waals surface area contributed by atoms with Crippen molar-refractivity contribution in [1.29, 1.82) is 0 Å². The molecule has 2 amide bonds. The number of anilines is 1. The molecule has 0 aliphatic carbocycles. The summed E-state index contributed by atoms with van der Waals surface area (Å²) in [6.45, 7) is 6.46. The Kier molecular flexibility index (Phi) is 7.04. The van der Waals surface area contributed by atoms with Crippen LogP contribution in [0.3, 0.4) is 0 Å². The summed E-state index contributed by atoms with van der Waals surface area (Å²) in [7, 11) is 1.98. The number of hydrogen-bond donors (Lipinski definition) is 1. The number of likely N-dealkylation sites (tertiary alicyclic amines) is 1. The molecule has 0 unspecified atom stereocenters. The molecule has 0 aromatic heterocycles. The van der Waals surface area contributed by atoms with E-state index in [-0.39, 0.29) is 17.9 Å². The van der Waals surface area contributed by atoms with Crippen LogP contribution in [0, 0.1) is 5.92 Å². The normalized spacial score (nSPS) is 15.9. The summed E-state index contributed by atoms with van der Waals surface area (Å²) in [5.41, 5.74) is 2.45. The summed E-state index contributed by atoms with van der Waals surface area (Å²) >= 11 is 0. The molecule has 29 heavy (non-hydrogen) atoms. The van der Waals surface area contributed by atoms with Crippen LogP contribution in [0.5, 0.6) is 0 Å². The zero-order valence-electron chi connectivity index (χ0n) is 17.6. The Balaban J connectivity index is 1.60. The molecule has 1 aliphatic rings. The summed E-state index contributed by atoms with van der Waals surface area (Å²) in [6, 6.07) is 17.1. The smallest absolute Gasteiger partial charge is 0.255 e. The summed E-state index contributed by atoms with van der Waals surface area (Å²) in [4.78, 5) is 29.1. The van der Waals surface area contributed by atoms with Gasteiger partial charge in [-0.3, -0.25) is 14.5 Å². The number of amides is 2. The number of benzene rings is 2. The lowest BCUT2D eigenvalue weighted by Crippen LogP contribution is -2.43. The maximum atomic E-state index is 12.6. The van der Waals surface area contributed by atoms with Crippen LogP contribution in [0.2, 0.25) is 0 Å². The first-order valence-corrected chi connectivity index (χ1v) is 10.4. The van der Waals surface area contributed by atoms with E-state index < -0.39 is 0 Å². The third-order valence-electron chi connectivity index (χ3n) is 5.85. The molecule has 5 nitrogen and oxygen atoms in total. The van der Waals surface area contributed by atoms with Gasteiger partial charge < -0.3 is 10.2 Å². The van der Waals surface area contributed by atoms with E-state index in [1.165, 1.54) is 0 Å². The molecule has 2 aromatic rings. The number of likely N-dealkylation sites (N-methyl/N-ethyl adjacent to an activating group) is 1. The van der Waals surface area contributed by atoms with Crippen LogP contribution in [0.4, 0.5) is 5.69 Å². The number of nitrogens with zero attached hydrogens (tertiary/aromatic N) is 2. The predicted octanol–water partition coefficient (Wildman–Crippen LogP) is 4.19. The monoisotopic (exact) mass is 393 g/mol. The Bertz CT molecular complexity index is 829. The molecule has 1 atom stereocenters. The molecule has 3 rings (SSSR count). The number of hydrogen-bond acceptors (Lipinski definition) is 3. The topological polar surface area (TPSA) is 52.7 Å². The Hall–Kier alpha value is -2.66. The second kappa shape index (κ2) is 9.70. The van der Waals surface area contributed by atoms with Gasteiger partial charge in [-0.25, -0.2) is 0 Å². The number of rotatable bonds is 6. The lowest BCUT2D eigenvalue weighted by molar-refractivity contribution is -0.133. The first-order chi connectivity index (χ1) is 13.9. The average molecular weight is 394 g/mol. The van der Waals surface area contributed by atoms with Gasteiger partial charge in [0.2, 0.25) is 5.91 Å². The fourth-order valence-corrected chi connectivity index (χ4v) is 3.63. The number of piperidine rings is 1. The Labute approximate surface area is 173 Å². The van der Waals surface area contributed by atoms with Gasteiger partial charge in [-0.1, -0.05) is 37.3 Å². The summed E-state index contributed by atoms with van der Waals surface area (Å²) in [5.74, 6) is 0.780. The minimum Gasteiger partial charge on any atom is -0.342 e. The maximum Gasteiger partial charge on any atom is 0.255 e. The minimum atomic E-state index is -0.127. The fraction of sp³-hybridized carbons (Fsp3) is 0.417. The molecule has 1 N–H and O–H groups in total. The molecular weight excluding hydrogens is 362 g/mol. The molecule has 0 saturated carbocycles. The molecule has 2 aromatic carbocycles. The highest BCUT2D eigenvalue weighted by Gasteiger charge is 2.23. The highest BCUT2D eigenvalue weighted by atomic mass is 16.2. The Morgan fingerprint density at radius 1 is 1.10 bits per heavy atom. The molecule has 5 heteroatoms. The second-order valence-electron chi connectivity index (χ2n) is 8.10. The van der Waals surface area contributed by atoms with Crippen molar-refractivity contribution in [2.24, 2.45) is 5.92 Å². The van der Waals surface area contributed by atoms with Crippen molar-refractivity contribution in [1.82, 2.24) is 9.80 Å². The number of carbonyl (C=O) groups excluding carboxylic acids is 2. The van der Waals surface area contributed by atoms with E-state index in [1.807, 2.05) is 54.4 Å². The number of carbonyl (C=O) groups is 2. The fourth-order valence-electron chi connectivity index (χ4n) is 3.63. The van der Waals surface area contributed by atoms with Crippen molar-refractivity contribution in [2.75, 3.05) is 32.0 Å². The van der Waals surface area contributed by atoms with Crippen molar-refractivity contribution >= 4 is 17.5 Å². The van der Waals surface area contributed by atoms with Gasteiger partial charge in [0.05, 0.1) is 6.54 Å². The number of nitrogens with one attached hydrogen (secondary N) is 1. The van der Waals surface area contributed by atoms with Crippen molar-refractivity contribution < 1.29 is 9.59 Å². The minimum absolute atomic E-state index is 0.0660. The zero-order valence-corrected chi connectivity index (χ0v) is 17.6. The van der Waals surface area contributed by atoms with Crippen molar-refractivity contribution in [3.8, 4) is 0 Å². The molecule has 1 fully saturated rings. The van der Waals surface area contributed by atoms with Crippen molar-refractivity contribution in [3.05, 3.63) is 65.7 Å². The van der Waals surface area contributed by atoms with E-state index in [2.05, 4.69) is 24.1 Å². The molecule has 1 saturated heterocycles. The van der Waals surface area contributed by atoms with E-state index >= 15 is 0 Å². The molecule has 1 aliphatic heterocycles. The lowest BCUT2D eigenvalue weighted by atomic mass is 9.99. The van der Waals surface area contributed by atoms with Gasteiger partial charge in [-0.05, 0) is 62.6 Å². The van der Waals surface area contributed by atoms with E-state index in [9.17, 15) is 9.59 Å². The third-order valence-corrected chi connectivity index (χ3v) is 5.85. The summed E-state index contributed by atoms with van der Waals surface area (Å²) in [5, 5.41) is 2.96. The SMILES string of the molecule is CC1CCN(C(=O)CN(C)[C@@H](C)c2cccc(NC(=O)c3ccccc3)c2)CC1. The third kappa shape index (κ3) is 5.67. The van der Waals surface area contributed by atoms with Crippen molar-refractivity contribution in [3.63, 3.8) is 0 Å². The first-order valence-electron chi connectivity index (χ1n) is 10.4. The molecule has 1 heterocycles. The predicted molar refractivity (Wildman–Crippen MR) is 117 cm³/mol. The van der Waals surface area contributed by atoms with Gasteiger partial charge in [0.1, 0.15) is 0 Å². The standard InChI is InChI=1S/C24H31N3O2/c1-18-12-14-27(15-13-18)23(28)17-26(3)19(2)21-10-7-11-22(16-21)25-24(29)20-8-5-4-6-9-20/h4-11,16,18-19H,12-15,17H2,1-3H3,(H,25,29)/t19-/m0/s1. The lowest BCUT2D eigenvalue weighted by Gasteiger charge is -2.33. The average Bonchev–Trinajstić information content (AvgIpc) is 2.74. The van der Waals surface area contributed by atoms with Gasteiger partial charge in [0.15, 0.2) is 0 Å². The molecule has 0 bridgehead atoms. The largest absolute Gasteiger partial charge is 0.342 e. The summed E-state index contributed by atoms with van der Waals surface area (Å²) in [6.07, 6.45) is 2.18. The molecule has 0 radical (unpaired) electrons. The second-order valence-corrected chi connectivity index (χ2v) is 8.10. The van der Waals surface area contributed by atoms with Gasteiger partial charge >= 0.3 is 0 Å². The van der Waals surface area contributed by atoms with E-state index in [1.54, 1.807) is 12.1 Å². The van der Waals surface area contributed by atoms with Gasteiger partial charge in [-0.2, -0.15) is 0 Å². The van der Waals surface area contributed by atoms with Gasteiger partial charge in [-0.15, -0.1) is 0 Å². The Morgan fingerprint density at radius 2 is 1.79 bits per heavy atom. The van der Waals surface area contributed by atoms with Crippen LogP contribution < -0.4 is 5.32 Å². The maximum absolute atomic E-state index is 12.6. The van der Waals surface area contributed by atoms with E-state index in [0.29, 0.717) is 18.0 Å². The van der Waals surface area contributed by atoms with Crippen LogP contribution in [0.25, 0.3) is 0 Å². The first kappa shape index (κ1) is 21.1. The quantitative estimate of drug-likeness (QED) is 0.801. The van der Waals surface area contributed by atoms with Crippen LogP contribution in [0.15, 0.2) is 54.6 Å². The van der Waals surface area contributed by atoms with Crippen LogP contribution in [0.1, 0.15) is 48.7 Å². The van der Waals surface area contributed by atoms with Crippen LogP contribution in [-0.2, 0) is 4.79 Å². The van der Waals surface area contributed by atoms with Crippen LogP contribution >= 0.6 is 0 Å². The van der Waals surface area contributed by atoms with Gasteiger partial charge in [0.25, 0.3) is 5.91 Å². The molecule has 154 valence electrons. The molecular formula is C24H31N3O2. The van der Waals surface area contributed by atoms with Crippen molar-refractivity contribution in [2.45, 2.75) is 32.7 Å². The zero-order chi connectivity index (χ0) is 20.8. The van der Waals surface area contributed by atoms with Crippen LogP contribution in [-0.4, -0.2) is 48.3 Å². The highest BCUT2D eigenvalue weighted by molar-refractivity contribution is 6.04.